The number of unbranched alkanes of at least 4 members (excludes halogenated alkanes) is 1. The maximum Gasteiger partial charge on any atom is 0.409 e. The first kappa shape index (κ1) is 21.6. The molecule has 0 aromatic carbocycles. The van der Waals surface area contributed by atoms with E-state index in [-0.39, 0.29) is 12.5 Å². The Morgan fingerprint density at radius 3 is 2.79 bits per heavy atom. The van der Waals surface area contributed by atoms with Crippen molar-refractivity contribution in [2.24, 2.45) is 7.05 Å². The fourth-order valence-electron chi connectivity index (χ4n) is 4.20. The minimum Gasteiger partial charge on any atom is -0.449 e. The van der Waals surface area contributed by atoms with Crippen molar-refractivity contribution in [3.05, 3.63) is 43.2 Å². The van der Waals surface area contributed by atoms with Crippen LogP contribution >= 0.6 is 0 Å². The fraction of sp³-hybridized carbons (Fsp3) is 0.391. The molecule has 0 unspecified atom stereocenters. The minimum absolute atomic E-state index is 0.233. The van der Waals surface area contributed by atoms with Crippen molar-refractivity contribution >= 4 is 11.7 Å². The van der Waals surface area contributed by atoms with Crippen molar-refractivity contribution in [2.45, 2.75) is 31.7 Å². The van der Waals surface area contributed by atoms with Gasteiger partial charge in [0.05, 0.1) is 55.8 Å². The smallest absolute Gasteiger partial charge is 0.409 e. The largest absolute Gasteiger partial charge is 0.449 e. The van der Waals surface area contributed by atoms with Crippen molar-refractivity contribution in [3.63, 3.8) is 0 Å². The highest BCUT2D eigenvalue weighted by atomic mass is 16.6. The summed E-state index contributed by atoms with van der Waals surface area (Å²) in [5.41, 5.74) is 2.60. The highest BCUT2D eigenvalue weighted by Crippen LogP contribution is 2.34. The van der Waals surface area contributed by atoms with Crippen LogP contribution in [0.15, 0.2) is 43.2 Å². The molecule has 34 heavy (non-hydrogen) atoms. The summed E-state index contributed by atoms with van der Waals surface area (Å²) in [5.74, 6) is 0.683. The molecule has 5 rings (SSSR count). The van der Waals surface area contributed by atoms with E-state index in [1.54, 1.807) is 32.9 Å². The Balaban J connectivity index is 1.44. The average molecular weight is 460 g/mol. The molecule has 0 bridgehead atoms. The van der Waals surface area contributed by atoms with Gasteiger partial charge in [0.2, 0.25) is 0 Å². The molecule has 0 atom stereocenters. The summed E-state index contributed by atoms with van der Waals surface area (Å²) >= 11 is 0. The van der Waals surface area contributed by atoms with Gasteiger partial charge >= 0.3 is 6.09 Å². The third kappa shape index (κ3) is 3.77. The molecule has 11 nitrogen and oxygen atoms in total. The van der Waals surface area contributed by atoms with E-state index in [0.717, 1.165) is 35.3 Å². The van der Waals surface area contributed by atoms with Gasteiger partial charge < -0.3 is 9.64 Å². The van der Waals surface area contributed by atoms with Crippen LogP contribution in [0.25, 0.3) is 28.3 Å². The molecule has 1 fully saturated rings. The summed E-state index contributed by atoms with van der Waals surface area (Å²) in [6.07, 6.45) is 12.5. The second-order valence-electron chi connectivity index (χ2n) is 8.58. The number of nitriles is 1. The number of aromatic nitrogens is 7. The van der Waals surface area contributed by atoms with Crippen LogP contribution in [0.5, 0.6) is 0 Å². The first-order chi connectivity index (χ1) is 16.5. The highest BCUT2D eigenvalue weighted by molar-refractivity contribution is 5.70. The molecule has 1 saturated heterocycles. The summed E-state index contributed by atoms with van der Waals surface area (Å²) in [4.78, 5) is 23.2. The topological polar surface area (TPSA) is 119 Å². The van der Waals surface area contributed by atoms with Gasteiger partial charge in [0.25, 0.3) is 0 Å². The first-order valence-corrected chi connectivity index (χ1v) is 11.2. The van der Waals surface area contributed by atoms with Crippen LogP contribution in [0.4, 0.5) is 4.79 Å². The molecular weight excluding hydrogens is 434 g/mol. The van der Waals surface area contributed by atoms with E-state index < -0.39 is 5.54 Å². The fourth-order valence-corrected chi connectivity index (χ4v) is 4.20. The number of aryl methyl sites for hydroxylation is 1. The lowest BCUT2D eigenvalue weighted by Crippen LogP contribution is -2.64. The van der Waals surface area contributed by atoms with Crippen molar-refractivity contribution in [2.75, 3.05) is 19.7 Å². The molecule has 1 aliphatic rings. The summed E-state index contributed by atoms with van der Waals surface area (Å²) in [5, 5.41) is 18.3. The molecule has 0 saturated carbocycles. The molecule has 0 aliphatic carbocycles. The number of ether oxygens (including phenoxy) is 1. The Labute approximate surface area is 196 Å². The number of rotatable bonds is 7. The molecule has 5 heterocycles. The predicted octanol–water partition coefficient (Wildman–Crippen LogP) is 2.85. The summed E-state index contributed by atoms with van der Waals surface area (Å²) in [7, 11) is 1.86. The van der Waals surface area contributed by atoms with Gasteiger partial charge in [-0.15, -0.1) is 0 Å². The second kappa shape index (κ2) is 8.62. The normalized spacial score (nSPS) is 14.7. The van der Waals surface area contributed by atoms with Crippen LogP contribution in [0.3, 0.4) is 0 Å². The number of imidazole rings is 1. The molecule has 174 valence electrons. The number of likely N-dealkylation sites (tertiary alicyclic amines) is 1. The van der Waals surface area contributed by atoms with Gasteiger partial charge in [0, 0.05) is 43.5 Å². The van der Waals surface area contributed by atoms with Gasteiger partial charge in [0.1, 0.15) is 17.0 Å². The molecule has 0 N–H and O–H groups in total. The Morgan fingerprint density at radius 2 is 2.06 bits per heavy atom. The number of nitrogens with zero attached hydrogens (tertiary/aromatic N) is 9. The molecule has 1 aliphatic heterocycles. The summed E-state index contributed by atoms with van der Waals surface area (Å²) < 4.78 is 10.7. The van der Waals surface area contributed by atoms with E-state index >= 15 is 0 Å². The van der Waals surface area contributed by atoms with Crippen LogP contribution in [0.1, 0.15) is 26.2 Å². The van der Waals surface area contributed by atoms with Crippen molar-refractivity contribution in [1.29, 1.82) is 5.26 Å². The lowest BCUT2D eigenvalue weighted by molar-refractivity contribution is -0.000370. The van der Waals surface area contributed by atoms with Crippen LogP contribution in [-0.4, -0.2) is 64.6 Å². The second-order valence-corrected chi connectivity index (χ2v) is 8.58. The number of fused-ring (bicyclic) bond motifs is 1. The standard InChI is InChI=1S/C23H25N9O2/c1-3-4-9-34-22(33)30-15-23(16-30,5-6-24)32-14-18(12-27-32)21-28-19(17-11-26-29(2)13-17)10-20-25-7-8-31(20)21/h7-8,10-14H,3-5,9,15-16H2,1-2H3. The molecule has 1 amide bonds. The predicted molar refractivity (Wildman–Crippen MR) is 122 cm³/mol. The Morgan fingerprint density at radius 1 is 1.24 bits per heavy atom. The van der Waals surface area contributed by atoms with Crippen LogP contribution < -0.4 is 0 Å². The number of carbonyl (C=O) groups is 1. The van der Waals surface area contributed by atoms with Gasteiger partial charge in [0.15, 0.2) is 0 Å². The Hall–Kier alpha value is -4.20. The molecule has 0 spiro atoms. The maximum atomic E-state index is 12.3. The molecular formula is C23H25N9O2. The number of amides is 1. The van der Waals surface area contributed by atoms with Crippen LogP contribution in [0.2, 0.25) is 0 Å². The van der Waals surface area contributed by atoms with Gasteiger partial charge in [-0.25, -0.2) is 14.8 Å². The maximum absolute atomic E-state index is 12.3. The number of hydrogen-bond donors (Lipinski definition) is 0. The monoisotopic (exact) mass is 459 g/mol. The number of hydrogen-bond acceptors (Lipinski definition) is 7. The zero-order chi connectivity index (χ0) is 23.7. The highest BCUT2D eigenvalue weighted by Gasteiger charge is 2.48. The van der Waals surface area contributed by atoms with Gasteiger partial charge in [-0.05, 0) is 6.42 Å². The molecule has 4 aromatic rings. The van der Waals surface area contributed by atoms with Crippen LogP contribution in [0, 0.1) is 11.3 Å². The van der Waals surface area contributed by atoms with E-state index in [4.69, 9.17) is 9.72 Å². The van der Waals surface area contributed by atoms with E-state index in [1.165, 1.54) is 0 Å². The van der Waals surface area contributed by atoms with Crippen molar-refractivity contribution < 1.29 is 9.53 Å². The van der Waals surface area contributed by atoms with E-state index in [1.807, 2.05) is 43.0 Å². The summed E-state index contributed by atoms with van der Waals surface area (Å²) in [6, 6.07) is 4.16. The minimum atomic E-state index is -0.591. The molecule has 0 radical (unpaired) electrons. The lowest BCUT2D eigenvalue weighted by atomic mass is 9.87. The van der Waals surface area contributed by atoms with Crippen molar-refractivity contribution in [1.82, 2.24) is 38.8 Å². The quantitative estimate of drug-likeness (QED) is 0.390. The van der Waals surface area contributed by atoms with Gasteiger partial charge in [-0.2, -0.15) is 15.5 Å². The third-order valence-electron chi connectivity index (χ3n) is 6.08. The van der Waals surface area contributed by atoms with Crippen LogP contribution in [-0.2, 0) is 17.3 Å². The average Bonchev–Trinajstić information content (AvgIpc) is 3.56. The summed E-state index contributed by atoms with van der Waals surface area (Å²) in [6.45, 7) is 3.19. The number of carbonyl (C=O) groups excluding carboxylic acids is 1. The van der Waals surface area contributed by atoms with Crippen molar-refractivity contribution in [3.8, 4) is 28.7 Å². The van der Waals surface area contributed by atoms with Gasteiger partial charge in [-0.1, -0.05) is 13.3 Å². The molecule has 11 heteroatoms. The Kier molecular flexibility index (Phi) is 5.49. The lowest BCUT2D eigenvalue weighted by Gasteiger charge is -2.48. The van der Waals surface area contributed by atoms with Gasteiger partial charge in [-0.3, -0.25) is 13.8 Å². The SMILES string of the molecule is CCCCOC(=O)N1CC(CC#N)(n2cc(-c3nc(-c4cnn(C)c4)cc4nccn34)cn2)C1. The van der Waals surface area contributed by atoms with E-state index in [9.17, 15) is 10.1 Å². The molecule has 4 aromatic heterocycles. The van der Waals surface area contributed by atoms with E-state index in [2.05, 4.69) is 21.3 Å². The first-order valence-electron chi connectivity index (χ1n) is 11.2. The van der Waals surface area contributed by atoms with E-state index in [0.29, 0.717) is 25.5 Å². The third-order valence-corrected chi connectivity index (χ3v) is 6.08. The zero-order valence-electron chi connectivity index (χ0n) is 19.1. The zero-order valence-corrected chi connectivity index (χ0v) is 19.1. The Bertz CT molecular complexity index is 1370.